The van der Waals surface area contributed by atoms with Gasteiger partial charge in [0.05, 0.1) is 12.1 Å². The van der Waals surface area contributed by atoms with E-state index >= 15 is 0 Å². The maximum Gasteiger partial charge on any atom is 0.222 e. The predicted molar refractivity (Wildman–Crippen MR) is 66.0 cm³/mol. The fourth-order valence-corrected chi connectivity index (χ4v) is 1.49. The lowest BCUT2D eigenvalue weighted by atomic mass is 9.93. The van der Waals surface area contributed by atoms with Crippen molar-refractivity contribution in [2.75, 3.05) is 6.61 Å². The minimum atomic E-state index is -0.478. The quantitative estimate of drug-likeness (QED) is 0.611. The van der Waals surface area contributed by atoms with Crippen LogP contribution < -0.4 is 11.1 Å². The molecule has 0 radical (unpaired) electrons. The van der Waals surface area contributed by atoms with E-state index in [4.69, 9.17) is 5.73 Å². The van der Waals surface area contributed by atoms with Crippen LogP contribution in [0.3, 0.4) is 0 Å². The molecule has 0 aromatic rings. The molecule has 0 aromatic carbocycles. The van der Waals surface area contributed by atoms with Gasteiger partial charge in [-0.25, -0.2) is 0 Å². The summed E-state index contributed by atoms with van der Waals surface area (Å²) in [6.45, 7) is 7.89. The van der Waals surface area contributed by atoms with Crippen LogP contribution in [0.5, 0.6) is 0 Å². The second-order valence-electron chi connectivity index (χ2n) is 4.81. The fourth-order valence-electron chi connectivity index (χ4n) is 1.49. The standard InChI is InChI=1S/C12H26N2O2/c1-5-12(6-2,8-15)14-11(16)7-10(13)9(3)4/h9-10,15H,5-8,13H2,1-4H3,(H,14,16). The smallest absolute Gasteiger partial charge is 0.222 e. The van der Waals surface area contributed by atoms with E-state index in [2.05, 4.69) is 5.32 Å². The molecule has 0 aliphatic carbocycles. The van der Waals surface area contributed by atoms with Crippen molar-refractivity contribution >= 4 is 5.91 Å². The molecule has 0 aromatic heterocycles. The number of carbonyl (C=O) groups excluding carboxylic acids is 1. The van der Waals surface area contributed by atoms with Crippen molar-refractivity contribution in [1.29, 1.82) is 0 Å². The Morgan fingerprint density at radius 1 is 1.38 bits per heavy atom. The van der Waals surface area contributed by atoms with Gasteiger partial charge in [-0.1, -0.05) is 27.7 Å². The second-order valence-corrected chi connectivity index (χ2v) is 4.81. The van der Waals surface area contributed by atoms with Crippen LogP contribution in [0, 0.1) is 5.92 Å². The molecule has 0 bridgehead atoms. The number of nitrogens with one attached hydrogen (secondary N) is 1. The van der Waals surface area contributed by atoms with Gasteiger partial charge >= 0.3 is 0 Å². The van der Waals surface area contributed by atoms with Gasteiger partial charge in [0.2, 0.25) is 5.91 Å². The molecule has 1 unspecified atom stereocenters. The summed E-state index contributed by atoms with van der Waals surface area (Å²) in [7, 11) is 0. The monoisotopic (exact) mass is 230 g/mol. The molecule has 16 heavy (non-hydrogen) atoms. The summed E-state index contributed by atoms with van der Waals surface area (Å²) in [5.41, 5.74) is 5.36. The van der Waals surface area contributed by atoms with Crippen LogP contribution in [-0.2, 0) is 4.79 Å². The van der Waals surface area contributed by atoms with Gasteiger partial charge in [0, 0.05) is 12.5 Å². The van der Waals surface area contributed by atoms with Crippen molar-refractivity contribution in [3.63, 3.8) is 0 Å². The first-order chi connectivity index (χ1) is 7.40. The molecule has 0 aliphatic heterocycles. The summed E-state index contributed by atoms with van der Waals surface area (Å²) in [6, 6.07) is -0.120. The number of aliphatic hydroxyl groups is 1. The Labute approximate surface area is 98.6 Å². The van der Waals surface area contributed by atoms with Gasteiger partial charge < -0.3 is 16.2 Å². The van der Waals surface area contributed by atoms with Crippen LogP contribution in [0.1, 0.15) is 47.0 Å². The summed E-state index contributed by atoms with van der Waals surface area (Å²) < 4.78 is 0. The number of aliphatic hydroxyl groups excluding tert-OH is 1. The average Bonchev–Trinajstić information content (AvgIpc) is 2.26. The Morgan fingerprint density at radius 2 is 1.88 bits per heavy atom. The maximum absolute atomic E-state index is 11.7. The van der Waals surface area contributed by atoms with Crippen LogP contribution in [0.25, 0.3) is 0 Å². The zero-order valence-corrected chi connectivity index (χ0v) is 10.9. The molecule has 4 nitrogen and oxygen atoms in total. The molecule has 0 fully saturated rings. The number of nitrogens with two attached hydrogens (primary N) is 1. The van der Waals surface area contributed by atoms with E-state index in [0.717, 1.165) is 12.8 Å². The highest BCUT2D eigenvalue weighted by molar-refractivity contribution is 5.77. The Morgan fingerprint density at radius 3 is 2.19 bits per heavy atom. The summed E-state index contributed by atoms with van der Waals surface area (Å²) in [4.78, 5) is 11.7. The van der Waals surface area contributed by atoms with E-state index < -0.39 is 5.54 Å². The first-order valence-corrected chi connectivity index (χ1v) is 6.08. The third kappa shape index (κ3) is 4.49. The Hall–Kier alpha value is -0.610. The number of hydrogen-bond donors (Lipinski definition) is 3. The number of carbonyl (C=O) groups is 1. The van der Waals surface area contributed by atoms with Gasteiger partial charge in [-0.05, 0) is 18.8 Å². The van der Waals surface area contributed by atoms with Gasteiger partial charge in [0.1, 0.15) is 0 Å². The SMILES string of the molecule is CCC(CC)(CO)NC(=O)CC(N)C(C)C. The molecule has 0 rings (SSSR count). The van der Waals surface area contributed by atoms with Gasteiger partial charge in [0.15, 0.2) is 0 Å². The number of rotatable bonds is 7. The summed E-state index contributed by atoms with van der Waals surface area (Å²) in [6.07, 6.45) is 1.77. The fraction of sp³-hybridized carbons (Fsp3) is 0.917. The average molecular weight is 230 g/mol. The molecule has 1 amide bonds. The Kier molecular flexibility index (Phi) is 6.60. The van der Waals surface area contributed by atoms with E-state index in [1.807, 2.05) is 27.7 Å². The van der Waals surface area contributed by atoms with Crippen LogP contribution in [0.2, 0.25) is 0 Å². The third-order valence-electron chi connectivity index (χ3n) is 3.34. The van der Waals surface area contributed by atoms with Crippen LogP contribution in [0.15, 0.2) is 0 Å². The molecule has 96 valence electrons. The van der Waals surface area contributed by atoms with Crippen LogP contribution in [0.4, 0.5) is 0 Å². The van der Waals surface area contributed by atoms with E-state index in [1.54, 1.807) is 0 Å². The van der Waals surface area contributed by atoms with E-state index in [-0.39, 0.29) is 24.5 Å². The molecular weight excluding hydrogens is 204 g/mol. The van der Waals surface area contributed by atoms with Crippen LogP contribution >= 0.6 is 0 Å². The van der Waals surface area contributed by atoms with Crippen molar-refractivity contribution in [2.45, 2.75) is 58.5 Å². The van der Waals surface area contributed by atoms with Crippen molar-refractivity contribution in [2.24, 2.45) is 11.7 Å². The lowest BCUT2D eigenvalue weighted by Gasteiger charge is -2.31. The maximum atomic E-state index is 11.7. The lowest BCUT2D eigenvalue weighted by Crippen LogP contribution is -2.51. The number of amides is 1. The highest BCUT2D eigenvalue weighted by atomic mass is 16.3. The zero-order valence-electron chi connectivity index (χ0n) is 10.9. The molecule has 0 saturated heterocycles. The minimum absolute atomic E-state index is 0.0251. The number of hydrogen-bond acceptors (Lipinski definition) is 3. The van der Waals surface area contributed by atoms with Gasteiger partial charge in [-0.3, -0.25) is 4.79 Å². The van der Waals surface area contributed by atoms with Gasteiger partial charge in [0.25, 0.3) is 0 Å². The van der Waals surface area contributed by atoms with Crippen molar-refractivity contribution in [3.8, 4) is 0 Å². The largest absolute Gasteiger partial charge is 0.394 e. The van der Waals surface area contributed by atoms with Crippen molar-refractivity contribution < 1.29 is 9.90 Å². The first-order valence-electron chi connectivity index (χ1n) is 6.08. The molecule has 0 spiro atoms. The van der Waals surface area contributed by atoms with Crippen LogP contribution in [-0.4, -0.2) is 29.2 Å². The van der Waals surface area contributed by atoms with Gasteiger partial charge in [-0.15, -0.1) is 0 Å². The molecule has 0 saturated carbocycles. The normalized spacial score (nSPS) is 13.9. The molecule has 0 heterocycles. The molecule has 0 aliphatic rings. The van der Waals surface area contributed by atoms with Gasteiger partial charge in [-0.2, -0.15) is 0 Å². The lowest BCUT2D eigenvalue weighted by molar-refractivity contribution is -0.124. The third-order valence-corrected chi connectivity index (χ3v) is 3.34. The Balaban J connectivity index is 4.31. The molecule has 1 atom stereocenters. The minimum Gasteiger partial charge on any atom is -0.394 e. The van der Waals surface area contributed by atoms with Crippen molar-refractivity contribution in [1.82, 2.24) is 5.32 Å². The van der Waals surface area contributed by atoms with E-state index in [0.29, 0.717) is 6.42 Å². The zero-order chi connectivity index (χ0) is 12.8. The molecular formula is C12H26N2O2. The Bertz CT molecular complexity index is 205. The molecule has 4 N–H and O–H groups in total. The highest BCUT2D eigenvalue weighted by Crippen LogP contribution is 2.14. The van der Waals surface area contributed by atoms with E-state index in [9.17, 15) is 9.90 Å². The van der Waals surface area contributed by atoms with E-state index in [1.165, 1.54) is 0 Å². The van der Waals surface area contributed by atoms with Crippen molar-refractivity contribution in [3.05, 3.63) is 0 Å². The summed E-state index contributed by atoms with van der Waals surface area (Å²) >= 11 is 0. The summed E-state index contributed by atoms with van der Waals surface area (Å²) in [5, 5.41) is 12.2. The second kappa shape index (κ2) is 6.86. The molecule has 4 heteroatoms. The topological polar surface area (TPSA) is 75.3 Å². The summed E-state index contributed by atoms with van der Waals surface area (Å²) in [5.74, 6) is 0.219. The highest BCUT2D eigenvalue weighted by Gasteiger charge is 2.27. The predicted octanol–water partition coefficient (Wildman–Crippen LogP) is 1.03. The first kappa shape index (κ1) is 15.4.